The predicted octanol–water partition coefficient (Wildman–Crippen LogP) is 7.02. The monoisotopic (exact) mass is 509 g/mol. The molecule has 2 saturated heterocycles. The van der Waals surface area contributed by atoms with Crippen molar-refractivity contribution >= 4 is 17.3 Å². The minimum Gasteiger partial charge on any atom is -0.343 e. The molecule has 3 aliphatic heterocycles. The van der Waals surface area contributed by atoms with Crippen LogP contribution in [0.25, 0.3) is 0 Å². The van der Waals surface area contributed by atoms with Gasteiger partial charge in [-0.15, -0.1) is 0 Å². The Kier molecular flexibility index (Phi) is 8.75. The Hall–Kier alpha value is -2.47. The van der Waals surface area contributed by atoms with Crippen molar-refractivity contribution in [1.29, 1.82) is 0 Å². The van der Waals surface area contributed by atoms with Crippen LogP contribution in [0.3, 0.4) is 0 Å². The largest absolute Gasteiger partial charge is 0.343 e. The standard InChI is InChI=1S/C31H41F2N3O/c32-24-11-14-26(15-12-24)36-29-16-13-25(33)22-27(29)28-23-34(21-17-30(28)36)18-7-4-2-1-3-5-8-19-35-20-9-6-10-31(35)37/h11-16,22,28,30H,1-10,17-21,23H2/t28-,30+/m0/s1. The van der Waals surface area contributed by atoms with Crippen molar-refractivity contribution in [3.63, 3.8) is 0 Å². The second-order valence-corrected chi connectivity index (χ2v) is 11.1. The van der Waals surface area contributed by atoms with Crippen molar-refractivity contribution in [3.05, 3.63) is 59.7 Å². The molecule has 0 spiro atoms. The molecule has 5 rings (SSSR count). The summed E-state index contributed by atoms with van der Waals surface area (Å²) in [7, 11) is 0. The van der Waals surface area contributed by atoms with Crippen LogP contribution in [0.4, 0.5) is 20.2 Å². The summed E-state index contributed by atoms with van der Waals surface area (Å²) in [4.78, 5) is 18.8. The fourth-order valence-electron chi connectivity index (χ4n) is 6.60. The van der Waals surface area contributed by atoms with Gasteiger partial charge < -0.3 is 14.7 Å². The van der Waals surface area contributed by atoms with Crippen molar-refractivity contribution in [1.82, 2.24) is 9.80 Å². The summed E-state index contributed by atoms with van der Waals surface area (Å²) in [5.41, 5.74) is 3.14. The Labute approximate surface area is 220 Å². The number of likely N-dealkylation sites (tertiary alicyclic amines) is 2. The highest BCUT2D eigenvalue weighted by Gasteiger charge is 2.42. The zero-order chi connectivity index (χ0) is 25.6. The molecule has 0 radical (unpaired) electrons. The highest BCUT2D eigenvalue weighted by molar-refractivity contribution is 5.76. The van der Waals surface area contributed by atoms with Gasteiger partial charge in [0, 0.05) is 55.9 Å². The Bertz CT molecular complexity index is 1040. The molecular formula is C31H41F2N3O. The molecule has 1 amide bonds. The van der Waals surface area contributed by atoms with Gasteiger partial charge >= 0.3 is 0 Å². The van der Waals surface area contributed by atoms with E-state index in [4.69, 9.17) is 0 Å². The second kappa shape index (κ2) is 12.4. The molecule has 3 heterocycles. The first-order valence-corrected chi connectivity index (χ1v) is 14.4. The molecule has 0 N–H and O–H groups in total. The van der Waals surface area contributed by atoms with E-state index < -0.39 is 0 Å². The average Bonchev–Trinajstić information content (AvgIpc) is 3.22. The Morgan fingerprint density at radius 1 is 0.784 bits per heavy atom. The number of anilines is 2. The van der Waals surface area contributed by atoms with E-state index in [2.05, 4.69) is 14.7 Å². The molecule has 0 aromatic heterocycles. The fourth-order valence-corrected chi connectivity index (χ4v) is 6.60. The number of rotatable bonds is 11. The molecule has 2 atom stereocenters. The number of amides is 1. The van der Waals surface area contributed by atoms with E-state index in [1.807, 2.05) is 18.2 Å². The third kappa shape index (κ3) is 6.34. The molecule has 0 aliphatic carbocycles. The number of nitrogens with zero attached hydrogens (tertiary/aromatic N) is 3. The van der Waals surface area contributed by atoms with Crippen LogP contribution >= 0.6 is 0 Å². The quantitative estimate of drug-likeness (QED) is 0.305. The molecule has 200 valence electrons. The van der Waals surface area contributed by atoms with Crippen molar-refractivity contribution in [2.45, 2.75) is 82.6 Å². The van der Waals surface area contributed by atoms with Crippen molar-refractivity contribution in [2.24, 2.45) is 0 Å². The number of unbranched alkanes of at least 4 members (excludes halogenated alkanes) is 6. The topological polar surface area (TPSA) is 26.8 Å². The maximum absolute atomic E-state index is 14.2. The van der Waals surface area contributed by atoms with Crippen LogP contribution < -0.4 is 4.90 Å². The Morgan fingerprint density at radius 3 is 2.24 bits per heavy atom. The number of hydrogen-bond acceptors (Lipinski definition) is 3. The summed E-state index contributed by atoms with van der Waals surface area (Å²) in [5.74, 6) is 0.210. The van der Waals surface area contributed by atoms with Gasteiger partial charge in [0.2, 0.25) is 5.91 Å². The van der Waals surface area contributed by atoms with Gasteiger partial charge in [-0.1, -0.05) is 32.1 Å². The minimum absolute atomic E-state index is 0.182. The van der Waals surface area contributed by atoms with E-state index >= 15 is 0 Å². The first-order valence-electron chi connectivity index (χ1n) is 14.4. The zero-order valence-electron chi connectivity index (χ0n) is 22.0. The molecule has 2 aromatic rings. The molecule has 0 bridgehead atoms. The van der Waals surface area contributed by atoms with Crippen LogP contribution in [0.5, 0.6) is 0 Å². The van der Waals surface area contributed by atoms with E-state index in [-0.39, 0.29) is 17.6 Å². The van der Waals surface area contributed by atoms with Gasteiger partial charge in [-0.25, -0.2) is 8.78 Å². The zero-order valence-corrected chi connectivity index (χ0v) is 22.0. The fraction of sp³-hybridized carbons (Fsp3) is 0.581. The van der Waals surface area contributed by atoms with E-state index in [1.165, 1.54) is 63.1 Å². The van der Waals surface area contributed by atoms with Gasteiger partial charge in [-0.05, 0) is 86.7 Å². The molecule has 0 saturated carbocycles. The summed E-state index contributed by atoms with van der Waals surface area (Å²) >= 11 is 0. The van der Waals surface area contributed by atoms with E-state index in [1.54, 1.807) is 6.07 Å². The highest BCUT2D eigenvalue weighted by Crippen LogP contribution is 2.48. The molecule has 6 heteroatoms. The Morgan fingerprint density at radius 2 is 1.49 bits per heavy atom. The SMILES string of the molecule is O=C1CCCCN1CCCCCCCCCN1CC[C@@H]2[C@@H](C1)c1cc(F)ccc1N2c1ccc(F)cc1. The highest BCUT2D eigenvalue weighted by atomic mass is 19.1. The van der Waals surface area contributed by atoms with Crippen LogP contribution in [0.15, 0.2) is 42.5 Å². The normalized spacial score (nSPS) is 21.8. The first kappa shape index (κ1) is 26.1. The van der Waals surface area contributed by atoms with Gasteiger partial charge in [0.15, 0.2) is 0 Å². The summed E-state index contributed by atoms with van der Waals surface area (Å²) in [6.45, 7) is 5.00. The Balaban J connectivity index is 1.04. The summed E-state index contributed by atoms with van der Waals surface area (Å²) in [6.07, 6.45) is 12.6. The van der Waals surface area contributed by atoms with Crippen molar-refractivity contribution in [2.75, 3.05) is 37.6 Å². The number of fused-ring (bicyclic) bond motifs is 3. The maximum Gasteiger partial charge on any atom is 0.222 e. The lowest BCUT2D eigenvalue weighted by Gasteiger charge is -2.39. The van der Waals surface area contributed by atoms with Gasteiger partial charge in [0.1, 0.15) is 11.6 Å². The van der Waals surface area contributed by atoms with Crippen LogP contribution in [-0.2, 0) is 4.79 Å². The van der Waals surface area contributed by atoms with Gasteiger partial charge in [-0.2, -0.15) is 0 Å². The lowest BCUT2D eigenvalue weighted by atomic mass is 9.88. The summed E-state index contributed by atoms with van der Waals surface area (Å²) < 4.78 is 27.8. The average molecular weight is 510 g/mol. The van der Waals surface area contributed by atoms with Crippen molar-refractivity contribution in [3.8, 4) is 0 Å². The van der Waals surface area contributed by atoms with Crippen LogP contribution in [0.1, 0.15) is 82.1 Å². The number of halogens is 2. The lowest BCUT2D eigenvalue weighted by Crippen LogP contribution is -2.45. The number of piperidine rings is 2. The predicted molar refractivity (Wildman–Crippen MR) is 145 cm³/mol. The lowest BCUT2D eigenvalue weighted by molar-refractivity contribution is -0.133. The molecule has 4 nitrogen and oxygen atoms in total. The molecule has 3 aliphatic rings. The van der Waals surface area contributed by atoms with Gasteiger partial charge in [0.25, 0.3) is 0 Å². The van der Waals surface area contributed by atoms with Crippen LogP contribution in [0, 0.1) is 11.6 Å². The van der Waals surface area contributed by atoms with E-state index in [9.17, 15) is 13.6 Å². The molecule has 0 unspecified atom stereocenters. The van der Waals surface area contributed by atoms with E-state index in [0.29, 0.717) is 11.9 Å². The molecule has 2 aromatic carbocycles. The van der Waals surface area contributed by atoms with Gasteiger partial charge in [-0.3, -0.25) is 4.79 Å². The smallest absolute Gasteiger partial charge is 0.222 e. The van der Waals surface area contributed by atoms with Gasteiger partial charge in [0.05, 0.1) is 0 Å². The first-order chi connectivity index (χ1) is 18.1. The summed E-state index contributed by atoms with van der Waals surface area (Å²) in [5, 5.41) is 0. The third-order valence-corrected chi connectivity index (χ3v) is 8.57. The minimum atomic E-state index is -0.234. The maximum atomic E-state index is 14.2. The number of carbonyl (C=O) groups is 1. The van der Waals surface area contributed by atoms with E-state index in [0.717, 1.165) is 75.3 Å². The molecular weight excluding hydrogens is 468 g/mol. The number of carbonyl (C=O) groups excluding carboxylic acids is 1. The molecule has 37 heavy (non-hydrogen) atoms. The van der Waals surface area contributed by atoms with Crippen molar-refractivity contribution < 1.29 is 13.6 Å². The van der Waals surface area contributed by atoms with Crippen LogP contribution in [0.2, 0.25) is 0 Å². The summed E-state index contributed by atoms with van der Waals surface area (Å²) in [6, 6.07) is 12.1. The van der Waals surface area contributed by atoms with Crippen LogP contribution in [-0.4, -0.2) is 54.5 Å². The third-order valence-electron chi connectivity index (χ3n) is 8.57. The molecule has 2 fully saturated rings. The number of benzene rings is 2. The second-order valence-electron chi connectivity index (χ2n) is 11.1. The number of hydrogen-bond donors (Lipinski definition) is 0.